The second-order valence-electron chi connectivity index (χ2n) is 5.53. The molecule has 3 N–H and O–H groups in total. The number of rotatable bonds is 5. The van der Waals surface area contributed by atoms with E-state index in [-0.39, 0.29) is 29.4 Å². The molecule has 2 unspecified atom stereocenters. The van der Waals surface area contributed by atoms with E-state index in [0.29, 0.717) is 19.5 Å². The number of methoxy groups -OCH3 is 1. The Labute approximate surface area is 142 Å². The standard InChI is InChI=1S/C14H18ClF3N4O2/c1-24-7-11(19)13(23)21-9-2-3-22(6-9)12-10(15)4-8(5-20-12)14(16,17)18/h4-5,9,11H,2-3,6-7,19H2,1H3,(H,21,23). The lowest BCUT2D eigenvalue weighted by Crippen LogP contribution is -2.48. The van der Waals surface area contributed by atoms with Crippen molar-refractivity contribution in [2.24, 2.45) is 5.73 Å². The summed E-state index contributed by atoms with van der Waals surface area (Å²) in [6.45, 7) is 1.01. The van der Waals surface area contributed by atoms with Gasteiger partial charge in [0.15, 0.2) is 0 Å². The number of pyridine rings is 1. The van der Waals surface area contributed by atoms with Crippen LogP contribution in [0.4, 0.5) is 19.0 Å². The summed E-state index contributed by atoms with van der Waals surface area (Å²) in [6.07, 6.45) is -3.12. The van der Waals surface area contributed by atoms with Crippen LogP contribution in [0.2, 0.25) is 5.02 Å². The molecule has 0 radical (unpaired) electrons. The number of hydrogen-bond donors (Lipinski definition) is 2. The molecule has 2 atom stereocenters. The lowest BCUT2D eigenvalue weighted by molar-refractivity contribution is -0.137. The van der Waals surface area contributed by atoms with E-state index in [1.165, 1.54) is 7.11 Å². The first-order valence-corrected chi connectivity index (χ1v) is 7.62. The molecule has 0 aliphatic carbocycles. The monoisotopic (exact) mass is 366 g/mol. The van der Waals surface area contributed by atoms with E-state index < -0.39 is 17.8 Å². The van der Waals surface area contributed by atoms with Crippen LogP contribution in [0.15, 0.2) is 12.3 Å². The van der Waals surface area contributed by atoms with Gasteiger partial charge in [-0.25, -0.2) is 4.98 Å². The van der Waals surface area contributed by atoms with E-state index in [1.807, 2.05) is 0 Å². The molecular formula is C14H18ClF3N4O2. The Morgan fingerprint density at radius 3 is 2.92 bits per heavy atom. The van der Waals surface area contributed by atoms with E-state index in [2.05, 4.69) is 10.3 Å². The summed E-state index contributed by atoms with van der Waals surface area (Å²) >= 11 is 5.93. The van der Waals surface area contributed by atoms with Crippen molar-refractivity contribution in [3.63, 3.8) is 0 Å². The van der Waals surface area contributed by atoms with Crippen LogP contribution in [0.25, 0.3) is 0 Å². The number of alkyl halides is 3. The first-order valence-electron chi connectivity index (χ1n) is 7.25. The molecule has 0 saturated carbocycles. The maximum atomic E-state index is 12.6. The third-order valence-electron chi connectivity index (χ3n) is 3.67. The molecule has 134 valence electrons. The SMILES string of the molecule is COCC(N)C(=O)NC1CCN(c2ncc(C(F)(F)F)cc2Cl)C1. The van der Waals surface area contributed by atoms with Crippen molar-refractivity contribution in [2.75, 3.05) is 31.7 Å². The number of halogens is 4. The van der Waals surface area contributed by atoms with Gasteiger partial charge < -0.3 is 20.7 Å². The smallest absolute Gasteiger partial charge is 0.383 e. The lowest BCUT2D eigenvalue weighted by atomic mass is 10.2. The van der Waals surface area contributed by atoms with Gasteiger partial charge in [-0.1, -0.05) is 11.6 Å². The number of nitrogens with two attached hydrogens (primary N) is 1. The number of hydrogen-bond acceptors (Lipinski definition) is 5. The van der Waals surface area contributed by atoms with Gasteiger partial charge in [-0.3, -0.25) is 4.79 Å². The molecule has 1 fully saturated rings. The molecule has 1 aromatic heterocycles. The molecule has 1 aliphatic heterocycles. The fourth-order valence-corrected chi connectivity index (χ4v) is 2.74. The highest BCUT2D eigenvalue weighted by Crippen LogP contribution is 2.34. The Hall–Kier alpha value is -1.58. The summed E-state index contributed by atoms with van der Waals surface area (Å²) in [7, 11) is 1.45. The molecular weight excluding hydrogens is 349 g/mol. The van der Waals surface area contributed by atoms with Crippen molar-refractivity contribution in [3.05, 3.63) is 22.8 Å². The second-order valence-corrected chi connectivity index (χ2v) is 5.94. The summed E-state index contributed by atoms with van der Waals surface area (Å²) in [5, 5.41) is 2.71. The maximum absolute atomic E-state index is 12.6. The minimum absolute atomic E-state index is 0.0760. The van der Waals surface area contributed by atoms with E-state index in [1.54, 1.807) is 4.90 Å². The van der Waals surface area contributed by atoms with Gasteiger partial charge in [0.2, 0.25) is 5.91 Å². The molecule has 10 heteroatoms. The molecule has 6 nitrogen and oxygen atoms in total. The molecule has 1 aromatic rings. The van der Waals surface area contributed by atoms with Crippen LogP contribution in [0, 0.1) is 0 Å². The Bertz CT molecular complexity index is 600. The number of nitrogens with zero attached hydrogens (tertiary/aromatic N) is 2. The summed E-state index contributed by atoms with van der Waals surface area (Å²) < 4.78 is 42.7. The van der Waals surface area contributed by atoms with Gasteiger partial charge >= 0.3 is 6.18 Å². The largest absolute Gasteiger partial charge is 0.417 e. The Balaban J connectivity index is 1.99. The quantitative estimate of drug-likeness (QED) is 0.824. The van der Waals surface area contributed by atoms with Crippen LogP contribution in [0.1, 0.15) is 12.0 Å². The number of carbonyl (C=O) groups excluding carboxylic acids is 1. The minimum atomic E-state index is -4.49. The Morgan fingerprint density at radius 2 is 2.33 bits per heavy atom. The lowest BCUT2D eigenvalue weighted by Gasteiger charge is -2.20. The first-order chi connectivity index (χ1) is 11.2. The van der Waals surface area contributed by atoms with Gasteiger partial charge in [0, 0.05) is 32.4 Å². The molecule has 1 aliphatic rings. The molecule has 2 rings (SSSR count). The van der Waals surface area contributed by atoms with Crippen molar-refractivity contribution in [3.8, 4) is 0 Å². The van der Waals surface area contributed by atoms with Crippen molar-refractivity contribution < 1.29 is 22.7 Å². The number of aromatic nitrogens is 1. The van der Waals surface area contributed by atoms with E-state index >= 15 is 0 Å². The number of carbonyl (C=O) groups is 1. The summed E-state index contributed by atoms with van der Waals surface area (Å²) in [6, 6.07) is -0.0954. The van der Waals surface area contributed by atoms with Gasteiger partial charge in [0.1, 0.15) is 11.9 Å². The zero-order valence-corrected chi connectivity index (χ0v) is 13.7. The zero-order chi connectivity index (χ0) is 17.9. The highest BCUT2D eigenvalue weighted by atomic mass is 35.5. The zero-order valence-electron chi connectivity index (χ0n) is 12.9. The summed E-state index contributed by atoms with van der Waals surface area (Å²) in [5.41, 5.74) is 4.75. The van der Waals surface area contributed by atoms with Crippen LogP contribution in [0.3, 0.4) is 0 Å². The van der Waals surface area contributed by atoms with E-state index in [9.17, 15) is 18.0 Å². The Kier molecular flexibility index (Phi) is 5.89. The van der Waals surface area contributed by atoms with Gasteiger partial charge in [0.25, 0.3) is 0 Å². The van der Waals surface area contributed by atoms with Crippen molar-refractivity contribution >= 4 is 23.3 Å². The van der Waals surface area contributed by atoms with Crippen LogP contribution >= 0.6 is 11.6 Å². The van der Waals surface area contributed by atoms with Gasteiger partial charge in [-0.05, 0) is 12.5 Å². The van der Waals surface area contributed by atoms with Crippen LogP contribution < -0.4 is 16.0 Å². The summed E-state index contributed by atoms with van der Waals surface area (Å²) in [4.78, 5) is 17.4. The van der Waals surface area contributed by atoms with Crippen molar-refractivity contribution in [1.82, 2.24) is 10.3 Å². The minimum Gasteiger partial charge on any atom is -0.383 e. The molecule has 0 spiro atoms. The molecule has 24 heavy (non-hydrogen) atoms. The number of ether oxygens (including phenoxy) is 1. The van der Waals surface area contributed by atoms with Crippen molar-refractivity contribution in [1.29, 1.82) is 0 Å². The van der Waals surface area contributed by atoms with Crippen LogP contribution in [0.5, 0.6) is 0 Å². The molecule has 0 aromatic carbocycles. The van der Waals surface area contributed by atoms with E-state index in [4.69, 9.17) is 22.1 Å². The number of anilines is 1. The average molecular weight is 367 g/mol. The van der Waals surface area contributed by atoms with Crippen LogP contribution in [-0.4, -0.2) is 49.8 Å². The van der Waals surface area contributed by atoms with Gasteiger partial charge in [-0.2, -0.15) is 13.2 Å². The predicted molar refractivity (Wildman–Crippen MR) is 82.9 cm³/mol. The fourth-order valence-electron chi connectivity index (χ4n) is 2.45. The third kappa shape index (κ3) is 4.49. The number of amides is 1. The highest BCUT2D eigenvalue weighted by Gasteiger charge is 2.33. The molecule has 1 amide bonds. The summed E-state index contributed by atoms with van der Waals surface area (Å²) in [5.74, 6) is -0.0715. The fraction of sp³-hybridized carbons (Fsp3) is 0.571. The Morgan fingerprint density at radius 1 is 1.62 bits per heavy atom. The average Bonchev–Trinajstić information content (AvgIpc) is 2.94. The highest BCUT2D eigenvalue weighted by molar-refractivity contribution is 6.33. The second kappa shape index (κ2) is 7.54. The molecule has 2 heterocycles. The molecule has 1 saturated heterocycles. The third-order valence-corrected chi connectivity index (χ3v) is 3.94. The first kappa shape index (κ1) is 18.8. The number of nitrogens with one attached hydrogen (secondary N) is 1. The van der Waals surface area contributed by atoms with Gasteiger partial charge in [0.05, 0.1) is 17.2 Å². The maximum Gasteiger partial charge on any atom is 0.417 e. The van der Waals surface area contributed by atoms with Crippen LogP contribution in [-0.2, 0) is 15.7 Å². The topological polar surface area (TPSA) is 80.5 Å². The van der Waals surface area contributed by atoms with Gasteiger partial charge in [-0.15, -0.1) is 0 Å². The van der Waals surface area contributed by atoms with E-state index in [0.717, 1.165) is 12.3 Å². The molecule has 0 bridgehead atoms. The normalized spacial score (nSPS) is 19.4. The van der Waals surface area contributed by atoms with Crippen molar-refractivity contribution in [2.45, 2.75) is 24.7 Å². The predicted octanol–water partition coefficient (Wildman–Crippen LogP) is 1.42.